The molecule has 0 unspecified atom stereocenters. The van der Waals surface area contributed by atoms with Crippen LogP contribution in [0.1, 0.15) is 39.0 Å². The predicted octanol–water partition coefficient (Wildman–Crippen LogP) is 3.50. The number of methoxy groups -OCH3 is 1. The Balaban J connectivity index is 1.22. The van der Waals surface area contributed by atoms with Gasteiger partial charge >= 0.3 is 0 Å². The molecule has 2 saturated heterocycles. The van der Waals surface area contributed by atoms with Gasteiger partial charge in [-0.15, -0.1) is 0 Å². The number of hydrogen-bond acceptors (Lipinski definition) is 8. The number of benzene rings is 1. The molecule has 1 N–H and O–H groups in total. The quantitative estimate of drug-likeness (QED) is 0.551. The lowest BCUT2D eigenvalue weighted by Crippen LogP contribution is -2.45. The van der Waals surface area contributed by atoms with Gasteiger partial charge in [-0.2, -0.15) is 4.98 Å². The van der Waals surface area contributed by atoms with Crippen LogP contribution in [0.4, 0.5) is 5.82 Å². The van der Waals surface area contributed by atoms with Crippen LogP contribution in [-0.2, 0) is 4.79 Å². The lowest BCUT2D eigenvalue weighted by molar-refractivity contribution is -0.125. The van der Waals surface area contributed by atoms with Gasteiger partial charge in [-0.25, -0.2) is 4.98 Å². The van der Waals surface area contributed by atoms with Crippen molar-refractivity contribution in [3.63, 3.8) is 0 Å². The number of amides is 1. The van der Waals surface area contributed by atoms with Gasteiger partial charge in [0.05, 0.1) is 7.11 Å². The van der Waals surface area contributed by atoms with Crippen molar-refractivity contribution in [3.05, 3.63) is 30.6 Å². The van der Waals surface area contributed by atoms with Gasteiger partial charge in [0.25, 0.3) is 5.71 Å². The van der Waals surface area contributed by atoms with Gasteiger partial charge < -0.3 is 19.5 Å². The first kappa shape index (κ1) is 23.5. The first-order valence-corrected chi connectivity index (χ1v) is 12.7. The van der Waals surface area contributed by atoms with E-state index in [0.717, 1.165) is 68.1 Å². The second kappa shape index (κ2) is 10.6. The number of nitrogens with one attached hydrogen (secondary N) is 1. The second-order valence-electron chi connectivity index (χ2n) is 9.57. The molecule has 0 saturated carbocycles. The van der Waals surface area contributed by atoms with Crippen LogP contribution in [0.15, 0.2) is 35.1 Å². The normalized spacial score (nSPS) is 19.7. The van der Waals surface area contributed by atoms with Gasteiger partial charge in [-0.1, -0.05) is 11.6 Å². The minimum atomic E-state index is 0.0332. The molecule has 2 aliphatic heterocycles. The van der Waals surface area contributed by atoms with E-state index in [2.05, 4.69) is 37.2 Å². The highest BCUT2D eigenvalue weighted by Crippen LogP contribution is 2.35. The first-order chi connectivity index (χ1) is 17.1. The number of piperidine rings is 2. The third kappa shape index (κ3) is 5.10. The van der Waals surface area contributed by atoms with Gasteiger partial charge in [0.15, 0.2) is 0 Å². The molecule has 1 amide bonds. The number of anilines is 1. The minimum absolute atomic E-state index is 0.0332. The highest BCUT2D eigenvalue weighted by atomic mass is 16.5. The maximum absolute atomic E-state index is 12.8. The Morgan fingerprint density at radius 2 is 1.91 bits per heavy atom. The summed E-state index contributed by atoms with van der Waals surface area (Å²) in [6.45, 7) is 6.59. The molecule has 0 aliphatic carbocycles. The summed E-state index contributed by atoms with van der Waals surface area (Å²) in [5.41, 5.74) is 2.09. The molecule has 2 aromatic heterocycles. The van der Waals surface area contributed by atoms with Crippen molar-refractivity contribution in [2.24, 2.45) is 5.92 Å². The lowest BCUT2D eigenvalue weighted by Gasteiger charge is -2.34. The molecule has 4 heterocycles. The zero-order valence-electron chi connectivity index (χ0n) is 20.6. The predicted molar refractivity (Wildman–Crippen MR) is 134 cm³/mol. The highest BCUT2D eigenvalue weighted by Gasteiger charge is 2.28. The Bertz CT molecular complexity index is 1140. The van der Waals surface area contributed by atoms with Crippen LogP contribution in [0.25, 0.3) is 22.4 Å². The summed E-state index contributed by atoms with van der Waals surface area (Å²) in [5, 5.41) is 8.27. The summed E-state index contributed by atoms with van der Waals surface area (Å²) in [7, 11) is 1.64. The Kier molecular flexibility index (Phi) is 7.13. The van der Waals surface area contributed by atoms with Gasteiger partial charge in [-0.3, -0.25) is 9.69 Å². The molecule has 186 valence electrons. The van der Waals surface area contributed by atoms with E-state index in [1.165, 1.54) is 25.6 Å². The number of aromatic nitrogens is 3. The Hall–Kier alpha value is -3.20. The topological polar surface area (TPSA) is 96.6 Å². The van der Waals surface area contributed by atoms with E-state index >= 15 is 0 Å². The number of rotatable bonds is 7. The molecule has 1 aromatic carbocycles. The summed E-state index contributed by atoms with van der Waals surface area (Å²) < 4.78 is 10.8. The summed E-state index contributed by atoms with van der Waals surface area (Å²) in [5.74, 6) is 1.79. The van der Waals surface area contributed by atoms with Crippen LogP contribution in [0.2, 0.25) is 0 Å². The monoisotopic (exact) mass is 478 g/mol. The highest BCUT2D eigenvalue weighted by molar-refractivity contribution is 5.98. The van der Waals surface area contributed by atoms with Crippen molar-refractivity contribution in [1.82, 2.24) is 25.3 Å². The molecule has 3 aromatic rings. The fourth-order valence-corrected chi connectivity index (χ4v) is 5.27. The van der Waals surface area contributed by atoms with Crippen molar-refractivity contribution in [1.29, 1.82) is 0 Å². The van der Waals surface area contributed by atoms with Crippen LogP contribution in [0.3, 0.4) is 0 Å². The zero-order valence-corrected chi connectivity index (χ0v) is 20.6. The molecule has 5 rings (SSSR count). The van der Waals surface area contributed by atoms with Crippen LogP contribution >= 0.6 is 0 Å². The van der Waals surface area contributed by atoms with E-state index in [-0.39, 0.29) is 11.8 Å². The molecule has 0 bridgehead atoms. The maximum Gasteiger partial charge on any atom is 0.263 e. The molecular weight excluding hydrogens is 444 g/mol. The number of ether oxygens (including phenoxy) is 1. The molecule has 0 spiro atoms. The lowest BCUT2D eigenvalue weighted by atomic mass is 9.95. The average molecular weight is 479 g/mol. The van der Waals surface area contributed by atoms with Gasteiger partial charge in [-0.05, 0) is 63.4 Å². The number of nitrogens with zero attached hydrogens (tertiary/aromatic N) is 5. The molecule has 9 heteroatoms. The SMILES string of the molecule is COc1ccc(-c2noc3ncnc(N4CCC(C(=O)NCCN5CCCC[C@@H]5C)CC4)c23)cc1. The standard InChI is InChI=1S/C26H34N6O3/c1-18-5-3-4-13-31(18)16-12-27-25(33)20-10-14-32(15-11-20)24-22-23(30-35-26(22)29-17-28-24)19-6-8-21(34-2)9-7-19/h6-9,17-18,20H,3-5,10-16H2,1-2H3,(H,27,33)/t18-/m0/s1. The van der Waals surface area contributed by atoms with Crippen LogP contribution < -0.4 is 15.0 Å². The molecule has 35 heavy (non-hydrogen) atoms. The van der Waals surface area contributed by atoms with Crippen LogP contribution in [-0.4, -0.2) is 71.8 Å². The van der Waals surface area contributed by atoms with E-state index in [1.54, 1.807) is 7.11 Å². The van der Waals surface area contributed by atoms with Gasteiger partial charge in [0.1, 0.15) is 29.0 Å². The molecule has 9 nitrogen and oxygen atoms in total. The first-order valence-electron chi connectivity index (χ1n) is 12.7. The molecule has 2 fully saturated rings. The Morgan fingerprint density at radius 3 is 2.66 bits per heavy atom. The largest absolute Gasteiger partial charge is 0.497 e. The summed E-state index contributed by atoms with van der Waals surface area (Å²) in [6.07, 6.45) is 6.94. The fraction of sp³-hybridized carbons (Fsp3) is 0.538. The van der Waals surface area contributed by atoms with E-state index in [0.29, 0.717) is 17.4 Å². The summed E-state index contributed by atoms with van der Waals surface area (Å²) >= 11 is 0. The van der Waals surface area contributed by atoms with E-state index in [9.17, 15) is 4.79 Å². The Morgan fingerprint density at radius 1 is 1.11 bits per heavy atom. The van der Waals surface area contributed by atoms with Crippen molar-refractivity contribution in [2.75, 3.05) is 44.7 Å². The van der Waals surface area contributed by atoms with Crippen molar-refractivity contribution < 1.29 is 14.1 Å². The van der Waals surface area contributed by atoms with Crippen LogP contribution in [0, 0.1) is 5.92 Å². The van der Waals surface area contributed by atoms with E-state index < -0.39 is 0 Å². The molecule has 1 atom stereocenters. The average Bonchev–Trinajstić information content (AvgIpc) is 3.34. The fourth-order valence-electron chi connectivity index (χ4n) is 5.27. The zero-order chi connectivity index (χ0) is 24.2. The van der Waals surface area contributed by atoms with Crippen molar-refractivity contribution in [2.45, 2.75) is 45.1 Å². The number of carbonyl (C=O) groups excluding carboxylic acids is 1. The number of carbonyl (C=O) groups is 1. The smallest absolute Gasteiger partial charge is 0.263 e. The summed E-state index contributed by atoms with van der Waals surface area (Å²) in [4.78, 5) is 26.4. The maximum atomic E-state index is 12.8. The molecular formula is C26H34N6O3. The van der Waals surface area contributed by atoms with E-state index in [1.807, 2.05) is 24.3 Å². The van der Waals surface area contributed by atoms with E-state index in [4.69, 9.17) is 9.26 Å². The number of hydrogen-bond donors (Lipinski definition) is 1. The summed E-state index contributed by atoms with van der Waals surface area (Å²) in [6, 6.07) is 8.32. The van der Waals surface area contributed by atoms with Crippen LogP contribution in [0.5, 0.6) is 5.75 Å². The third-order valence-corrected chi connectivity index (χ3v) is 7.42. The third-order valence-electron chi connectivity index (χ3n) is 7.42. The second-order valence-corrected chi connectivity index (χ2v) is 9.57. The molecule has 2 aliphatic rings. The van der Waals surface area contributed by atoms with Crippen molar-refractivity contribution >= 4 is 22.8 Å². The van der Waals surface area contributed by atoms with Crippen molar-refractivity contribution in [3.8, 4) is 17.0 Å². The minimum Gasteiger partial charge on any atom is -0.497 e. The molecule has 0 radical (unpaired) electrons. The number of fused-ring (bicyclic) bond motifs is 1. The van der Waals surface area contributed by atoms with Gasteiger partial charge in [0, 0.05) is 43.7 Å². The Labute approximate surface area is 205 Å². The van der Waals surface area contributed by atoms with Gasteiger partial charge in [0.2, 0.25) is 5.91 Å². The number of likely N-dealkylation sites (tertiary alicyclic amines) is 1.